The van der Waals surface area contributed by atoms with Gasteiger partial charge in [0.1, 0.15) is 0 Å². The van der Waals surface area contributed by atoms with E-state index >= 15 is 0 Å². The van der Waals surface area contributed by atoms with Gasteiger partial charge in [-0.1, -0.05) is 50.4 Å². The van der Waals surface area contributed by atoms with Crippen molar-refractivity contribution in [2.45, 2.75) is 40.0 Å². The van der Waals surface area contributed by atoms with Crippen molar-refractivity contribution in [1.82, 2.24) is 0 Å². The molecule has 0 N–H and O–H groups in total. The standard InChI is InChI=1S/C16H20Cl2O/c1-10-5-4-8-16(2,3)14(10)15(19)11-6-7-12(17)13(18)9-11/h6-7,9-10,14H,4-5,8H2,1-3H3/t10-,14+/m0/s1. The number of halogens is 2. The van der Waals surface area contributed by atoms with E-state index in [1.54, 1.807) is 18.2 Å². The van der Waals surface area contributed by atoms with Crippen LogP contribution in [-0.4, -0.2) is 5.78 Å². The van der Waals surface area contributed by atoms with E-state index in [1.165, 1.54) is 6.42 Å². The number of benzene rings is 1. The van der Waals surface area contributed by atoms with Gasteiger partial charge < -0.3 is 0 Å². The Morgan fingerprint density at radius 3 is 2.53 bits per heavy atom. The molecule has 1 nitrogen and oxygen atoms in total. The molecule has 2 rings (SSSR count). The van der Waals surface area contributed by atoms with Crippen LogP contribution >= 0.6 is 23.2 Å². The third-order valence-electron chi connectivity index (χ3n) is 4.38. The first kappa shape index (κ1) is 14.9. The normalized spacial score (nSPS) is 26.2. The molecule has 1 saturated carbocycles. The van der Waals surface area contributed by atoms with Gasteiger partial charge in [0.2, 0.25) is 0 Å². The van der Waals surface area contributed by atoms with Crippen molar-refractivity contribution in [3.05, 3.63) is 33.8 Å². The summed E-state index contributed by atoms with van der Waals surface area (Å²) in [6, 6.07) is 5.19. The number of rotatable bonds is 2. The molecule has 1 aromatic rings. The van der Waals surface area contributed by atoms with Crippen LogP contribution in [0.15, 0.2) is 18.2 Å². The summed E-state index contributed by atoms with van der Waals surface area (Å²) < 4.78 is 0. The van der Waals surface area contributed by atoms with Gasteiger partial charge in [-0.25, -0.2) is 0 Å². The lowest BCUT2D eigenvalue weighted by Crippen LogP contribution is -2.39. The first-order chi connectivity index (χ1) is 8.83. The molecule has 1 aromatic carbocycles. The van der Waals surface area contributed by atoms with Gasteiger partial charge in [-0.3, -0.25) is 4.79 Å². The molecule has 0 aromatic heterocycles. The van der Waals surface area contributed by atoms with Gasteiger partial charge >= 0.3 is 0 Å². The van der Waals surface area contributed by atoms with Gasteiger partial charge in [0.05, 0.1) is 10.0 Å². The summed E-state index contributed by atoms with van der Waals surface area (Å²) in [6.07, 6.45) is 3.44. The van der Waals surface area contributed by atoms with E-state index in [0.717, 1.165) is 12.8 Å². The molecule has 0 heterocycles. The van der Waals surface area contributed by atoms with Crippen molar-refractivity contribution in [3.63, 3.8) is 0 Å². The van der Waals surface area contributed by atoms with Crippen molar-refractivity contribution < 1.29 is 4.79 Å². The van der Waals surface area contributed by atoms with E-state index in [-0.39, 0.29) is 17.1 Å². The number of hydrogen-bond acceptors (Lipinski definition) is 1. The van der Waals surface area contributed by atoms with E-state index in [0.29, 0.717) is 21.5 Å². The molecular weight excluding hydrogens is 279 g/mol. The fourth-order valence-corrected chi connectivity index (χ4v) is 3.71. The highest BCUT2D eigenvalue weighted by Crippen LogP contribution is 2.45. The van der Waals surface area contributed by atoms with Crippen LogP contribution in [0.3, 0.4) is 0 Å². The summed E-state index contributed by atoms with van der Waals surface area (Å²) in [6.45, 7) is 6.58. The predicted molar refractivity (Wildman–Crippen MR) is 81.1 cm³/mol. The molecule has 0 unspecified atom stereocenters. The second-order valence-corrected chi connectivity index (χ2v) is 7.14. The van der Waals surface area contributed by atoms with Gasteiger partial charge in [-0.2, -0.15) is 0 Å². The highest BCUT2D eigenvalue weighted by Gasteiger charge is 2.41. The van der Waals surface area contributed by atoms with Crippen LogP contribution in [0.25, 0.3) is 0 Å². The van der Waals surface area contributed by atoms with Gasteiger partial charge in [0.15, 0.2) is 5.78 Å². The van der Waals surface area contributed by atoms with Crippen LogP contribution in [0.2, 0.25) is 10.0 Å². The highest BCUT2D eigenvalue weighted by molar-refractivity contribution is 6.42. The maximum atomic E-state index is 12.8. The van der Waals surface area contributed by atoms with E-state index in [2.05, 4.69) is 20.8 Å². The second-order valence-electron chi connectivity index (χ2n) is 6.33. The first-order valence-corrected chi connectivity index (χ1v) is 7.58. The fraction of sp³-hybridized carbons (Fsp3) is 0.562. The van der Waals surface area contributed by atoms with Crippen LogP contribution in [0.5, 0.6) is 0 Å². The average molecular weight is 299 g/mol. The molecule has 1 aliphatic rings. The Morgan fingerprint density at radius 1 is 1.26 bits per heavy atom. The summed E-state index contributed by atoms with van der Waals surface area (Å²) in [4.78, 5) is 12.8. The maximum absolute atomic E-state index is 12.8. The Kier molecular flexibility index (Phi) is 4.27. The zero-order chi connectivity index (χ0) is 14.2. The molecular formula is C16H20Cl2O. The van der Waals surface area contributed by atoms with Gasteiger partial charge in [-0.15, -0.1) is 0 Å². The largest absolute Gasteiger partial charge is 0.294 e. The third kappa shape index (κ3) is 2.98. The third-order valence-corrected chi connectivity index (χ3v) is 5.12. The van der Waals surface area contributed by atoms with E-state index in [9.17, 15) is 4.79 Å². The number of hydrogen-bond donors (Lipinski definition) is 0. The van der Waals surface area contributed by atoms with Crippen molar-refractivity contribution in [2.24, 2.45) is 17.3 Å². The molecule has 104 valence electrons. The molecule has 0 amide bonds. The Morgan fingerprint density at radius 2 is 1.95 bits per heavy atom. The number of carbonyl (C=O) groups is 1. The minimum Gasteiger partial charge on any atom is -0.294 e. The molecule has 0 radical (unpaired) electrons. The SMILES string of the molecule is C[C@H]1CCCC(C)(C)[C@H]1C(=O)c1ccc(Cl)c(Cl)c1. The van der Waals surface area contributed by atoms with Gasteiger partial charge in [-0.05, 0) is 42.4 Å². The zero-order valence-electron chi connectivity index (χ0n) is 11.7. The van der Waals surface area contributed by atoms with E-state index in [1.807, 2.05) is 0 Å². The van der Waals surface area contributed by atoms with Crippen molar-refractivity contribution >= 4 is 29.0 Å². The van der Waals surface area contributed by atoms with E-state index in [4.69, 9.17) is 23.2 Å². The van der Waals surface area contributed by atoms with Crippen LogP contribution in [0.4, 0.5) is 0 Å². The summed E-state index contributed by atoms with van der Waals surface area (Å²) >= 11 is 11.9. The molecule has 0 saturated heterocycles. The number of Topliss-reactive ketones (excluding diaryl/α,β-unsaturated/α-hetero) is 1. The summed E-state index contributed by atoms with van der Waals surface area (Å²) in [5, 5.41) is 0.947. The van der Waals surface area contributed by atoms with Crippen LogP contribution in [0.1, 0.15) is 50.4 Å². The lowest BCUT2D eigenvalue weighted by molar-refractivity contribution is 0.0539. The van der Waals surface area contributed by atoms with Crippen LogP contribution in [-0.2, 0) is 0 Å². The molecule has 19 heavy (non-hydrogen) atoms. The number of carbonyl (C=O) groups excluding carboxylic acids is 1. The van der Waals surface area contributed by atoms with Crippen LogP contribution < -0.4 is 0 Å². The van der Waals surface area contributed by atoms with E-state index < -0.39 is 0 Å². The molecule has 0 spiro atoms. The van der Waals surface area contributed by atoms with Crippen LogP contribution in [0, 0.1) is 17.3 Å². The lowest BCUT2D eigenvalue weighted by atomic mass is 9.62. The smallest absolute Gasteiger partial charge is 0.166 e. The molecule has 0 bridgehead atoms. The summed E-state index contributed by atoms with van der Waals surface area (Å²) in [7, 11) is 0. The predicted octanol–water partition coefficient (Wildman–Crippen LogP) is 5.64. The molecule has 1 fully saturated rings. The first-order valence-electron chi connectivity index (χ1n) is 6.82. The van der Waals surface area contributed by atoms with Crippen molar-refractivity contribution in [1.29, 1.82) is 0 Å². The monoisotopic (exact) mass is 298 g/mol. The van der Waals surface area contributed by atoms with Crippen molar-refractivity contribution in [3.8, 4) is 0 Å². The molecule has 3 heteroatoms. The fourth-order valence-electron chi connectivity index (χ4n) is 3.41. The minimum absolute atomic E-state index is 0.0564. The van der Waals surface area contributed by atoms with Gasteiger partial charge in [0, 0.05) is 11.5 Å². The average Bonchev–Trinajstić information content (AvgIpc) is 2.31. The molecule has 0 aliphatic heterocycles. The van der Waals surface area contributed by atoms with Crippen molar-refractivity contribution in [2.75, 3.05) is 0 Å². The Bertz CT molecular complexity index is 494. The van der Waals surface area contributed by atoms with Gasteiger partial charge in [0.25, 0.3) is 0 Å². The quantitative estimate of drug-likeness (QED) is 0.646. The highest BCUT2D eigenvalue weighted by atomic mass is 35.5. The minimum atomic E-state index is 0.0564. The summed E-state index contributed by atoms with van der Waals surface area (Å²) in [5.41, 5.74) is 0.738. The Hall–Kier alpha value is -0.530. The summed E-state index contributed by atoms with van der Waals surface area (Å²) in [5.74, 6) is 0.694. The number of ketones is 1. The molecule has 1 aliphatic carbocycles. The Balaban J connectivity index is 2.33. The molecule has 2 atom stereocenters. The topological polar surface area (TPSA) is 17.1 Å². The lowest BCUT2D eigenvalue weighted by Gasteiger charge is -2.42. The maximum Gasteiger partial charge on any atom is 0.166 e. The second kappa shape index (κ2) is 5.46. The Labute approximate surface area is 125 Å². The zero-order valence-corrected chi connectivity index (χ0v) is 13.2.